The Labute approximate surface area is 128 Å². The molecule has 3 heteroatoms. The summed E-state index contributed by atoms with van der Waals surface area (Å²) in [5.74, 6) is 0. The van der Waals surface area contributed by atoms with Crippen molar-refractivity contribution in [3.8, 4) is 0 Å². The lowest BCUT2D eigenvalue weighted by molar-refractivity contribution is 0.0599. The first-order valence-corrected chi connectivity index (χ1v) is 8.89. The maximum atomic E-state index is 6.31. The van der Waals surface area contributed by atoms with E-state index in [0.29, 0.717) is 11.5 Å². The van der Waals surface area contributed by atoms with E-state index in [1.807, 2.05) is 11.3 Å². The van der Waals surface area contributed by atoms with Crippen molar-refractivity contribution in [3.05, 3.63) is 21.9 Å². The van der Waals surface area contributed by atoms with Crippen LogP contribution in [-0.2, 0) is 0 Å². The van der Waals surface area contributed by atoms with E-state index < -0.39 is 0 Å². The normalized spacial score (nSPS) is 22.6. The number of nitrogens with zero attached hydrogens (tertiary/aromatic N) is 1. The lowest BCUT2D eigenvalue weighted by Gasteiger charge is -2.44. The van der Waals surface area contributed by atoms with Gasteiger partial charge in [-0.2, -0.15) is 0 Å². The molecule has 1 aliphatic rings. The fourth-order valence-corrected chi connectivity index (χ4v) is 4.75. The zero-order valence-electron chi connectivity index (χ0n) is 13.5. The summed E-state index contributed by atoms with van der Waals surface area (Å²) >= 11 is 1.91. The van der Waals surface area contributed by atoms with E-state index in [2.05, 4.69) is 44.7 Å². The molecule has 1 fully saturated rings. The zero-order chi connectivity index (χ0) is 14.8. The number of hydrogen-bond acceptors (Lipinski definition) is 3. The van der Waals surface area contributed by atoms with Gasteiger partial charge in [0.1, 0.15) is 0 Å². The van der Waals surface area contributed by atoms with Crippen LogP contribution < -0.4 is 5.73 Å². The third-order valence-electron chi connectivity index (χ3n) is 5.30. The predicted octanol–water partition coefficient (Wildman–Crippen LogP) is 4.35. The molecule has 1 aliphatic heterocycles. The van der Waals surface area contributed by atoms with Gasteiger partial charge in [-0.05, 0) is 57.3 Å². The summed E-state index contributed by atoms with van der Waals surface area (Å²) in [6, 6.07) is 5.10. The molecule has 2 heterocycles. The Morgan fingerprint density at radius 1 is 1.25 bits per heavy atom. The molecule has 2 unspecified atom stereocenters. The summed E-state index contributed by atoms with van der Waals surface area (Å²) in [6.45, 7) is 11.4. The van der Waals surface area contributed by atoms with Gasteiger partial charge in [-0.15, -0.1) is 11.3 Å². The second-order valence-corrected chi connectivity index (χ2v) is 7.81. The molecule has 114 valence electrons. The minimum absolute atomic E-state index is 0.198. The molecule has 0 saturated carbocycles. The second-order valence-electron chi connectivity index (χ2n) is 6.50. The first-order chi connectivity index (χ1) is 9.51. The smallest absolute Gasteiger partial charge is 0.0590 e. The molecule has 2 rings (SSSR count). The zero-order valence-corrected chi connectivity index (χ0v) is 14.3. The van der Waals surface area contributed by atoms with Crippen molar-refractivity contribution in [2.45, 2.75) is 65.5 Å². The summed E-state index contributed by atoms with van der Waals surface area (Å²) in [5.41, 5.74) is 6.89. The lowest BCUT2D eigenvalue weighted by Crippen LogP contribution is -2.46. The molecule has 1 saturated heterocycles. The summed E-state index contributed by atoms with van der Waals surface area (Å²) in [4.78, 5) is 5.46. The molecule has 0 spiro atoms. The minimum Gasteiger partial charge on any atom is -0.326 e. The van der Waals surface area contributed by atoms with Crippen LogP contribution in [0.25, 0.3) is 0 Å². The van der Waals surface area contributed by atoms with Crippen molar-refractivity contribution in [2.75, 3.05) is 13.1 Å². The molecule has 0 bridgehead atoms. The monoisotopic (exact) mass is 294 g/mol. The van der Waals surface area contributed by atoms with Crippen molar-refractivity contribution in [3.63, 3.8) is 0 Å². The van der Waals surface area contributed by atoms with Crippen molar-refractivity contribution < 1.29 is 0 Å². The van der Waals surface area contributed by atoms with E-state index >= 15 is 0 Å². The van der Waals surface area contributed by atoms with Crippen molar-refractivity contribution >= 4 is 11.3 Å². The molecule has 0 radical (unpaired) electrons. The molecule has 0 amide bonds. The van der Waals surface area contributed by atoms with E-state index in [-0.39, 0.29) is 6.04 Å². The molecule has 1 aromatic heterocycles. The van der Waals surface area contributed by atoms with Gasteiger partial charge in [-0.1, -0.05) is 26.7 Å². The average molecular weight is 295 g/mol. The lowest BCUT2D eigenvalue weighted by atomic mass is 9.74. The largest absolute Gasteiger partial charge is 0.326 e. The highest BCUT2D eigenvalue weighted by molar-refractivity contribution is 7.12. The van der Waals surface area contributed by atoms with Gasteiger partial charge in [-0.25, -0.2) is 0 Å². The molecular formula is C17H30N2S. The van der Waals surface area contributed by atoms with E-state index in [0.717, 1.165) is 0 Å². The Bertz CT molecular complexity index is 410. The fourth-order valence-electron chi connectivity index (χ4n) is 3.62. The topological polar surface area (TPSA) is 29.3 Å². The highest BCUT2D eigenvalue weighted by atomic mass is 32.1. The van der Waals surface area contributed by atoms with Crippen molar-refractivity contribution in [1.29, 1.82) is 0 Å². The molecule has 2 N–H and O–H groups in total. The van der Waals surface area contributed by atoms with Gasteiger partial charge in [-0.3, -0.25) is 4.90 Å². The fraction of sp³-hybridized carbons (Fsp3) is 0.765. The Kier molecular flexibility index (Phi) is 5.27. The van der Waals surface area contributed by atoms with Gasteiger partial charge >= 0.3 is 0 Å². The van der Waals surface area contributed by atoms with Gasteiger partial charge in [0.05, 0.1) is 6.04 Å². The second kappa shape index (κ2) is 6.59. The average Bonchev–Trinajstić information content (AvgIpc) is 2.86. The third kappa shape index (κ3) is 3.26. The molecule has 20 heavy (non-hydrogen) atoms. The maximum absolute atomic E-state index is 6.31. The van der Waals surface area contributed by atoms with Crippen LogP contribution in [0.3, 0.4) is 0 Å². The first-order valence-electron chi connectivity index (χ1n) is 8.07. The first kappa shape index (κ1) is 16.0. The molecule has 1 aromatic rings. The van der Waals surface area contributed by atoms with Gasteiger partial charge < -0.3 is 5.73 Å². The van der Waals surface area contributed by atoms with Crippen LogP contribution in [0.2, 0.25) is 0 Å². The van der Waals surface area contributed by atoms with Crippen LogP contribution >= 0.6 is 11.3 Å². The van der Waals surface area contributed by atoms with Crippen LogP contribution in [0.5, 0.6) is 0 Å². The number of likely N-dealkylation sites (tertiary alicyclic amines) is 1. The summed E-state index contributed by atoms with van der Waals surface area (Å²) in [5, 5.41) is 0. The van der Waals surface area contributed by atoms with Crippen LogP contribution in [0.1, 0.15) is 62.3 Å². The summed E-state index contributed by atoms with van der Waals surface area (Å²) in [7, 11) is 0. The Morgan fingerprint density at radius 3 is 2.25 bits per heavy atom. The van der Waals surface area contributed by atoms with E-state index in [4.69, 9.17) is 5.73 Å². The number of rotatable bonds is 5. The van der Waals surface area contributed by atoms with Gasteiger partial charge in [0.2, 0.25) is 0 Å². The molecule has 2 atom stereocenters. The maximum Gasteiger partial charge on any atom is 0.0590 e. The number of nitrogens with two attached hydrogens (primary N) is 1. The Balaban J connectivity index is 2.10. The summed E-state index contributed by atoms with van der Waals surface area (Å²) in [6.07, 6.45) is 5.29. The highest BCUT2D eigenvalue weighted by Gasteiger charge is 2.35. The predicted molar refractivity (Wildman–Crippen MR) is 89.3 cm³/mol. The Hall–Kier alpha value is -0.380. The molecule has 0 aliphatic carbocycles. The SMILES string of the molecule is CCC1(CC)CCN(C(c2ccc(C)s2)C(C)N)CC1. The van der Waals surface area contributed by atoms with Gasteiger partial charge in [0.25, 0.3) is 0 Å². The quantitative estimate of drug-likeness (QED) is 0.875. The minimum atomic E-state index is 0.198. The molecule has 2 nitrogen and oxygen atoms in total. The third-order valence-corrected chi connectivity index (χ3v) is 6.37. The van der Waals surface area contributed by atoms with Crippen molar-refractivity contribution in [2.24, 2.45) is 11.1 Å². The molecular weight excluding hydrogens is 264 g/mol. The standard InChI is InChI=1S/C17H30N2S/c1-5-17(6-2)9-11-19(12-10-17)16(14(4)18)15-8-7-13(3)20-15/h7-8,14,16H,5-6,9-12,18H2,1-4H3. The van der Waals surface area contributed by atoms with Crippen LogP contribution in [0.4, 0.5) is 0 Å². The van der Waals surface area contributed by atoms with E-state index in [9.17, 15) is 0 Å². The number of aryl methyl sites for hydroxylation is 1. The van der Waals surface area contributed by atoms with E-state index in [1.165, 1.54) is 48.5 Å². The Morgan fingerprint density at radius 2 is 1.85 bits per heavy atom. The molecule has 0 aromatic carbocycles. The van der Waals surface area contributed by atoms with Crippen molar-refractivity contribution in [1.82, 2.24) is 4.90 Å². The van der Waals surface area contributed by atoms with Crippen LogP contribution in [0.15, 0.2) is 12.1 Å². The van der Waals surface area contributed by atoms with E-state index in [1.54, 1.807) is 0 Å². The highest BCUT2D eigenvalue weighted by Crippen LogP contribution is 2.41. The van der Waals surface area contributed by atoms with Gasteiger partial charge in [0, 0.05) is 15.8 Å². The number of thiophene rings is 1. The number of hydrogen-bond donors (Lipinski definition) is 1. The number of piperidine rings is 1. The van der Waals surface area contributed by atoms with Crippen LogP contribution in [0, 0.1) is 12.3 Å². The van der Waals surface area contributed by atoms with Crippen LogP contribution in [-0.4, -0.2) is 24.0 Å². The van der Waals surface area contributed by atoms with Gasteiger partial charge in [0.15, 0.2) is 0 Å². The summed E-state index contributed by atoms with van der Waals surface area (Å²) < 4.78 is 0.